The Morgan fingerprint density at radius 3 is 3.15 bits per heavy atom. The molecule has 3 aromatic rings. The molecule has 0 radical (unpaired) electrons. The summed E-state index contributed by atoms with van der Waals surface area (Å²) < 4.78 is 2.19. The number of aromatic nitrogens is 3. The zero-order valence-electron chi connectivity index (χ0n) is 10.8. The lowest BCUT2D eigenvalue weighted by Crippen LogP contribution is -2.16. The average molecular weight is 302 g/mol. The van der Waals surface area contributed by atoms with Gasteiger partial charge in [-0.3, -0.25) is 4.40 Å². The summed E-state index contributed by atoms with van der Waals surface area (Å²) >= 11 is 3.31. The Kier molecular flexibility index (Phi) is 3.22. The maximum atomic E-state index is 4.73. The summed E-state index contributed by atoms with van der Waals surface area (Å²) in [4.78, 5) is 10.2. The van der Waals surface area contributed by atoms with Gasteiger partial charge in [0.15, 0.2) is 4.96 Å². The van der Waals surface area contributed by atoms with Gasteiger partial charge < -0.3 is 5.32 Å². The van der Waals surface area contributed by atoms with Crippen LogP contribution in [0.2, 0.25) is 0 Å². The molecule has 1 N–H and O–H groups in total. The lowest BCUT2D eigenvalue weighted by molar-refractivity contribution is 0.661. The smallest absolute Gasteiger partial charge is 0.194 e. The van der Waals surface area contributed by atoms with Crippen LogP contribution in [0.25, 0.3) is 4.96 Å². The normalized spacial score (nSPS) is 15.0. The van der Waals surface area contributed by atoms with Crippen LogP contribution < -0.4 is 5.32 Å². The minimum Gasteiger partial charge on any atom is -0.308 e. The summed E-state index contributed by atoms with van der Waals surface area (Å²) in [5, 5.41) is 7.71. The minimum atomic E-state index is 0.701. The molecule has 4 nitrogen and oxygen atoms in total. The fourth-order valence-electron chi connectivity index (χ4n) is 2.09. The van der Waals surface area contributed by atoms with Gasteiger partial charge in [-0.25, -0.2) is 9.97 Å². The second kappa shape index (κ2) is 5.20. The summed E-state index contributed by atoms with van der Waals surface area (Å²) in [7, 11) is 0. The summed E-state index contributed by atoms with van der Waals surface area (Å²) in [6.07, 6.45) is 6.52. The van der Waals surface area contributed by atoms with Crippen molar-refractivity contribution in [2.75, 3.05) is 0 Å². The Morgan fingerprint density at radius 1 is 1.40 bits per heavy atom. The second-order valence-corrected chi connectivity index (χ2v) is 6.73. The SMILES string of the molecule is c1ccc(Sc2nc3sccn3c2CNC2CC2)nc1. The van der Waals surface area contributed by atoms with E-state index in [1.54, 1.807) is 23.1 Å². The van der Waals surface area contributed by atoms with Crippen LogP contribution in [0.5, 0.6) is 0 Å². The van der Waals surface area contributed by atoms with Crippen LogP contribution in [0.1, 0.15) is 18.5 Å². The molecule has 0 atom stereocenters. The van der Waals surface area contributed by atoms with Crippen molar-refractivity contribution in [2.24, 2.45) is 0 Å². The number of pyridine rings is 1. The van der Waals surface area contributed by atoms with Crippen molar-refractivity contribution in [3.63, 3.8) is 0 Å². The Morgan fingerprint density at radius 2 is 2.35 bits per heavy atom. The Hall–Kier alpha value is -1.37. The Bertz CT molecular complexity index is 715. The van der Waals surface area contributed by atoms with E-state index in [4.69, 9.17) is 4.98 Å². The Balaban J connectivity index is 1.65. The minimum absolute atomic E-state index is 0.701. The topological polar surface area (TPSA) is 42.2 Å². The van der Waals surface area contributed by atoms with E-state index in [1.165, 1.54) is 18.5 Å². The van der Waals surface area contributed by atoms with Gasteiger partial charge in [-0.05, 0) is 36.7 Å². The molecule has 1 aliphatic rings. The van der Waals surface area contributed by atoms with E-state index in [0.29, 0.717) is 6.04 Å². The van der Waals surface area contributed by atoms with Crippen LogP contribution in [0, 0.1) is 0 Å². The average Bonchev–Trinajstić information content (AvgIpc) is 3.09. The summed E-state index contributed by atoms with van der Waals surface area (Å²) in [5.41, 5.74) is 1.24. The van der Waals surface area contributed by atoms with Gasteiger partial charge in [0.05, 0.1) is 5.69 Å². The molecule has 0 saturated heterocycles. The van der Waals surface area contributed by atoms with E-state index in [9.17, 15) is 0 Å². The first-order chi connectivity index (χ1) is 9.90. The highest BCUT2D eigenvalue weighted by molar-refractivity contribution is 7.99. The molecule has 3 heterocycles. The van der Waals surface area contributed by atoms with E-state index < -0.39 is 0 Å². The molecule has 20 heavy (non-hydrogen) atoms. The fraction of sp³-hybridized carbons (Fsp3) is 0.286. The van der Waals surface area contributed by atoms with E-state index >= 15 is 0 Å². The van der Waals surface area contributed by atoms with E-state index in [1.807, 2.05) is 24.4 Å². The van der Waals surface area contributed by atoms with E-state index in [-0.39, 0.29) is 0 Å². The first-order valence-corrected chi connectivity index (χ1v) is 8.36. The van der Waals surface area contributed by atoms with Crippen LogP contribution in [-0.2, 0) is 6.54 Å². The monoisotopic (exact) mass is 302 g/mol. The maximum absolute atomic E-state index is 4.73. The fourth-order valence-corrected chi connectivity index (χ4v) is 3.76. The number of hydrogen-bond acceptors (Lipinski definition) is 5. The molecular weight excluding hydrogens is 288 g/mol. The molecular formula is C14H14N4S2. The van der Waals surface area contributed by atoms with Gasteiger partial charge in [0, 0.05) is 30.4 Å². The summed E-state index contributed by atoms with van der Waals surface area (Å²) in [5.74, 6) is 0. The molecule has 102 valence electrons. The highest BCUT2D eigenvalue weighted by Crippen LogP contribution is 2.31. The molecule has 6 heteroatoms. The van der Waals surface area contributed by atoms with Gasteiger partial charge in [0.1, 0.15) is 10.1 Å². The van der Waals surface area contributed by atoms with Crippen molar-refractivity contribution in [3.8, 4) is 0 Å². The molecule has 0 aliphatic heterocycles. The van der Waals surface area contributed by atoms with E-state index in [2.05, 4.69) is 26.3 Å². The van der Waals surface area contributed by atoms with Gasteiger partial charge in [-0.1, -0.05) is 6.07 Å². The molecule has 1 aliphatic carbocycles. The number of hydrogen-bond donors (Lipinski definition) is 1. The number of rotatable bonds is 5. The molecule has 1 saturated carbocycles. The van der Waals surface area contributed by atoms with Crippen molar-refractivity contribution in [1.82, 2.24) is 19.7 Å². The number of imidazole rings is 1. The number of fused-ring (bicyclic) bond motifs is 1. The number of nitrogens with one attached hydrogen (secondary N) is 1. The Labute approximate surface area is 125 Å². The third-order valence-electron chi connectivity index (χ3n) is 3.30. The zero-order valence-corrected chi connectivity index (χ0v) is 12.5. The van der Waals surface area contributed by atoms with Crippen LogP contribution >= 0.6 is 23.1 Å². The zero-order chi connectivity index (χ0) is 13.4. The highest BCUT2D eigenvalue weighted by Gasteiger charge is 2.22. The van der Waals surface area contributed by atoms with Gasteiger partial charge in [-0.15, -0.1) is 11.3 Å². The van der Waals surface area contributed by atoms with Gasteiger partial charge >= 0.3 is 0 Å². The largest absolute Gasteiger partial charge is 0.308 e. The van der Waals surface area contributed by atoms with Crippen molar-refractivity contribution in [1.29, 1.82) is 0 Å². The molecule has 4 rings (SSSR count). The molecule has 0 unspecified atom stereocenters. The van der Waals surface area contributed by atoms with Crippen molar-refractivity contribution >= 4 is 28.1 Å². The van der Waals surface area contributed by atoms with Crippen molar-refractivity contribution < 1.29 is 0 Å². The van der Waals surface area contributed by atoms with Crippen LogP contribution in [0.15, 0.2) is 46.0 Å². The maximum Gasteiger partial charge on any atom is 0.194 e. The van der Waals surface area contributed by atoms with Crippen LogP contribution in [-0.4, -0.2) is 20.4 Å². The predicted octanol–water partition coefficient (Wildman–Crippen LogP) is 3.19. The molecule has 0 bridgehead atoms. The lowest BCUT2D eigenvalue weighted by atomic mass is 10.4. The second-order valence-electron chi connectivity index (χ2n) is 4.84. The van der Waals surface area contributed by atoms with Gasteiger partial charge in [0.2, 0.25) is 0 Å². The molecule has 0 aromatic carbocycles. The molecule has 1 fully saturated rings. The third kappa shape index (κ3) is 2.46. The first-order valence-electron chi connectivity index (χ1n) is 6.67. The molecule has 3 aromatic heterocycles. The third-order valence-corrected chi connectivity index (χ3v) is 5.03. The number of thiazole rings is 1. The predicted molar refractivity (Wildman–Crippen MR) is 81.3 cm³/mol. The van der Waals surface area contributed by atoms with Gasteiger partial charge in [-0.2, -0.15) is 0 Å². The first kappa shape index (κ1) is 12.4. The summed E-state index contributed by atoms with van der Waals surface area (Å²) in [6, 6.07) is 6.67. The lowest BCUT2D eigenvalue weighted by Gasteiger charge is -2.04. The molecule has 0 amide bonds. The standard InChI is InChI=1S/C14H14N4S2/c1-2-6-15-12(3-1)20-13-11(9-16-10-4-5-10)18-7-8-19-14(18)17-13/h1-3,6-8,10,16H,4-5,9H2. The number of nitrogens with zero attached hydrogens (tertiary/aromatic N) is 3. The van der Waals surface area contributed by atoms with E-state index in [0.717, 1.165) is 21.6 Å². The highest BCUT2D eigenvalue weighted by atomic mass is 32.2. The van der Waals surface area contributed by atoms with Crippen molar-refractivity contribution in [2.45, 2.75) is 35.5 Å². The molecule has 0 spiro atoms. The summed E-state index contributed by atoms with van der Waals surface area (Å²) in [6.45, 7) is 0.873. The van der Waals surface area contributed by atoms with Crippen molar-refractivity contribution in [3.05, 3.63) is 41.7 Å². The van der Waals surface area contributed by atoms with Crippen LogP contribution in [0.4, 0.5) is 0 Å². The van der Waals surface area contributed by atoms with Crippen LogP contribution in [0.3, 0.4) is 0 Å². The van der Waals surface area contributed by atoms with Gasteiger partial charge in [0.25, 0.3) is 0 Å². The quantitative estimate of drug-likeness (QED) is 0.786.